The van der Waals surface area contributed by atoms with Crippen LogP contribution < -0.4 is 10.6 Å². The summed E-state index contributed by atoms with van der Waals surface area (Å²) in [5.41, 5.74) is 1.69. The zero-order valence-electron chi connectivity index (χ0n) is 10.1. The second kappa shape index (κ2) is 4.60. The fourth-order valence-corrected chi connectivity index (χ4v) is 2.07. The predicted molar refractivity (Wildman–Crippen MR) is 64.2 cm³/mol. The second-order valence-corrected chi connectivity index (χ2v) is 4.18. The van der Waals surface area contributed by atoms with Crippen molar-refractivity contribution in [3.05, 3.63) is 46.9 Å². The molecule has 1 aliphatic rings. The van der Waals surface area contributed by atoms with E-state index >= 15 is 0 Å². The summed E-state index contributed by atoms with van der Waals surface area (Å²) in [4.78, 5) is 23.1. The smallest absolute Gasteiger partial charge is 0.319 e. The van der Waals surface area contributed by atoms with Crippen molar-refractivity contribution in [3.8, 4) is 0 Å². The van der Waals surface area contributed by atoms with E-state index in [1.165, 1.54) is 19.1 Å². The average molecular weight is 248 g/mol. The predicted octanol–water partition coefficient (Wildman–Crippen LogP) is 2.04. The molecule has 0 unspecified atom stereocenters. The van der Waals surface area contributed by atoms with Gasteiger partial charge in [-0.15, -0.1) is 0 Å². The molecule has 1 aromatic carbocycles. The van der Waals surface area contributed by atoms with Gasteiger partial charge >= 0.3 is 6.03 Å². The summed E-state index contributed by atoms with van der Waals surface area (Å²) < 4.78 is 12.9. The summed E-state index contributed by atoms with van der Waals surface area (Å²) in [5.74, 6) is -0.488. The standard InChI is InChI=1S/C13H13FN2O2/c1-7-11(8(2)17)12(16-13(18)15-7)9-3-5-10(14)6-4-9/h3-6,12H,1-2H3,(H2,15,16,18)/t12-/m0/s1. The quantitative estimate of drug-likeness (QED) is 0.841. The molecule has 0 saturated carbocycles. The maximum absolute atomic E-state index is 12.9. The van der Waals surface area contributed by atoms with Gasteiger partial charge in [-0.05, 0) is 31.5 Å². The minimum Gasteiger partial charge on any atom is -0.327 e. The Bertz CT molecular complexity index is 534. The van der Waals surface area contributed by atoms with Crippen molar-refractivity contribution >= 4 is 11.8 Å². The number of hydrogen-bond acceptors (Lipinski definition) is 2. The van der Waals surface area contributed by atoms with Gasteiger partial charge in [0.2, 0.25) is 0 Å². The molecule has 2 rings (SSSR count). The van der Waals surface area contributed by atoms with Crippen molar-refractivity contribution in [1.82, 2.24) is 10.6 Å². The van der Waals surface area contributed by atoms with Crippen LogP contribution in [0.25, 0.3) is 0 Å². The lowest BCUT2D eigenvalue weighted by Gasteiger charge is -2.28. The van der Waals surface area contributed by atoms with Crippen LogP contribution in [0.3, 0.4) is 0 Å². The van der Waals surface area contributed by atoms with Gasteiger partial charge in [-0.3, -0.25) is 4.79 Å². The molecule has 0 aliphatic carbocycles. The fraction of sp³-hybridized carbons (Fsp3) is 0.231. The molecule has 18 heavy (non-hydrogen) atoms. The molecule has 0 aromatic heterocycles. The van der Waals surface area contributed by atoms with Crippen molar-refractivity contribution in [2.24, 2.45) is 0 Å². The van der Waals surface area contributed by atoms with Gasteiger partial charge in [0.1, 0.15) is 5.82 Å². The highest BCUT2D eigenvalue weighted by atomic mass is 19.1. The first-order valence-electron chi connectivity index (χ1n) is 5.53. The van der Waals surface area contributed by atoms with Crippen molar-refractivity contribution in [1.29, 1.82) is 0 Å². The van der Waals surface area contributed by atoms with E-state index in [4.69, 9.17) is 0 Å². The van der Waals surface area contributed by atoms with E-state index in [2.05, 4.69) is 10.6 Å². The van der Waals surface area contributed by atoms with Gasteiger partial charge in [0, 0.05) is 11.3 Å². The first kappa shape index (κ1) is 12.3. The van der Waals surface area contributed by atoms with Crippen molar-refractivity contribution < 1.29 is 14.0 Å². The van der Waals surface area contributed by atoms with Gasteiger partial charge in [0.15, 0.2) is 5.78 Å². The molecule has 0 radical (unpaired) electrons. The first-order chi connectivity index (χ1) is 8.49. The van der Waals surface area contributed by atoms with Crippen molar-refractivity contribution in [3.63, 3.8) is 0 Å². The van der Waals surface area contributed by atoms with E-state index in [0.717, 1.165) is 0 Å². The van der Waals surface area contributed by atoms with Crippen LogP contribution in [0, 0.1) is 5.82 Å². The zero-order valence-corrected chi connectivity index (χ0v) is 10.1. The van der Waals surface area contributed by atoms with Gasteiger partial charge < -0.3 is 10.6 Å². The number of carbonyl (C=O) groups is 2. The van der Waals surface area contributed by atoms with Gasteiger partial charge in [0.25, 0.3) is 0 Å². The number of amides is 2. The summed E-state index contributed by atoms with van der Waals surface area (Å²) in [5, 5.41) is 5.22. The molecule has 94 valence electrons. The third kappa shape index (κ3) is 2.25. The first-order valence-corrected chi connectivity index (χ1v) is 5.53. The average Bonchev–Trinajstić information content (AvgIpc) is 2.28. The van der Waals surface area contributed by atoms with Crippen molar-refractivity contribution in [2.75, 3.05) is 0 Å². The molecule has 0 bridgehead atoms. The van der Waals surface area contributed by atoms with Crippen LogP contribution >= 0.6 is 0 Å². The van der Waals surface area contributed by atoms with E-state index in [1.54, 1.807) is 19.1 Å². The lowest BCUT2D eigenvalue weighted by atomic mass is 9.93. The third-order valence-electron chi connectivity index (χ3n) is 2.85. The lowest BCUT2D eigenvalue weighted by molar-refractivity contribution is -0.114. The summed E-state index contributed by atoms with van der Waals surface area (Å²) in [7, 11) is 0. The monoisotopic (exact) mass is 248 g/mol. The minimum absolute atomic E-state index is 0.130. The molecule has 1 aromatic rings. The number of nitrogens with one attached hydrogen (secondary N) is 2. The number of rotatable bonds is 2. The molecule has 1 atom stereocenters. The Kier molecular flexibility index (Phi) is 3.14. The highest BCUT2D eigenvalue weighted by Crippen LogP contribution is 2.27. The van der Waals surface area contributed by atoms with Crippen LogP contribution in [0.1, 0.15) is 25.5 Å². The zero-order chi connectivity index (χ0) is 13.3. The number of urea groups is 1. The molecule has 0 spiro atoms. The number of benzene rings is 1. The van der Waals surface area contributed by atoms with Gasteiger partial charge in [0.05, 0.1) is 6.04 Å². The molecule has 5 heteroatoms. The Morgan fingerprint density at radius 1 is 1.28 bits per heavy atom. The highest BCUT2D eigenvalue weighted by molar-refractivity contribution is 5.98. The SMILES string of the molecule is CC(=O)C1=C(C)NC(=O)N[C@H]1c1ccc(F)cc1. The molecule has 0 fully saturated rings. The summed E-state index contributed by atoms with van der Waals surface area (Å²) in [6, 6.07) is 4.82. The van der Waals surface area contributed by atoms with Crippen molar-refractivity contribution in [2.45, 2.75) is 19.9 Å². The van der Waals surface area contributed by atoms with E-state index in [-0.39, 0.29) is 17.6 Å². The van der Waals surface area contributed by atoms with Crippen LogP contribution in [0.15, 0.2) is 35.5 Å². The molecule has 2 N–H and O–H groups in total. The van der Waals surface area contributed by atoms with Gasteiger partial charge in [-0.2, -0.15) is 0 Å². The van der Waals surface area contributed by atoms with E-state index in [9.17, 15) is 14.0 Å². The summed E-state index contributed by atoms with van der Waals surface area (Å²) in [6.07, 6.45) is 0. The maximum atomic E-state index is 12.9. The largest absolute Gasteiger partial charge is 0.327 e. The summed E-state index contributed by atoms with van der Waals surface area (Å²) >= 11 is 0. The Morgan fingerprint density at radius 2 is 1.89 bits per heavy atom. The summed E-state index contributed by atoms with van der Waals surface area (Å²) in [6.45, 7) is 3.11. The topological polar surface area (TPSA) is 58.2 Å². The van der Waals surface area contributed by atoms with Crippen LogP contribution in [-0.2, 0) is 4.79 Å². The second-order valence-electron chi connectivity index (χ2n) is 4.18. The molecular formula is C13H13FN2O2. The Labute approximate surface area is 104 Å². The molecular weight excluding hydrogens is 235 g/mol. The Morgan fingerprint density at radius 3 is 2.44 bits per heavy atom. The van der Waals surface area contributed by atoms with E-state index < -0.39 is 6.04 Å². The Hall–Kier alpha value is -2.17. The van der Waals surface area contributed by atoms with Crippen LogP contribution in [0.4, 0.5) is 9.18 Å². The Balaban J connectivity index is 2.46. The number of ketones is 1. The van der Waals surface area contributed by atoms with Crippen LogP contribution in [0.5, 0.6) is 0 Å². The lowest BCUT2D eigenvalue weighted by Crippen LogP contribution is -2.44. The minimum atomic E-state index is -0.531. The third-order valence-corrected chi connectivity index (χ3v) is 2.85. The molecule has 1 aliphatic heterocycles. The number of hydrogen-bond donors (Lipinski definition) is 2. The van der Waals surface area contributed by atoms with Crippen LogP contribution in [-0.4, -0.2) is 11.8 Å². The number of Topliss-reactive ketones (excluding diaryl/α,β-unsaturated/α-hetero) is 1. The molecule has 4 nitrogen and oxygen atoms in total. The molecule has 2 amide bonds. The fourth-order valence-electron chi connectivity index (χ4n) is 2.07. The molecule has 1 heterocycles. The number of carbonyl (C=O) groups excluding carboxylic acids is 2. The van der Waals surface area contributed by atoms with Gasteiger partial charge in [-0.25, -0.2) is 9.18 Å². The highest BCUT2D eigenvalue weighted by Gasteiger charge is 2.28. The maximum Gasteiger partial charge on any atom is 0.319 e. The van der Waals surface area contributed by atoms with E-state index in [1.807, 2.05) is 0 Å². The number of allylic oxidation sites excluding steroid dienone is 1. The number of halogens is 1. The van der Waals surface area contributed by atoms with Gasteiger partial charge in [-0.1, -0.05) is 12.1 Å². The normalized spacial score (nSPS) is 19.3. The molecule has 0 saturated heterocycles. The van der Waals surface area contributed by atoms with E-state index in [0.29, 0.717) is 16.8 Å². The van der Waals surface area contributed by atoms with Crippen LogP contribution in [0.2, 0.25) is 0 Å².